The molecule has 132 valence electrons. The van der Waals surface area contributed by atoms with Gasteiger partial charge in [0, 0.05) is 6.08 Å². The number of ether oxygens (including phenoxy) is 5. The third-order valence-corrected chi connectivity index (χ3v) is 3.11. The van der Waals surface area contributed by atoms with Gasteiger partial charge < -0.3 is 29.4 Å². The van der Waals surface area contributed by atoms with Crippen molar-refractivity contribution in [1.82, 2.24) is 0 Å². The predicted molar refractivity (Wildman–Crippen MR) is 87.1 cm³/mol. The third-order valence-electron chi connectivity index (χ3n) is 3.11. The van der Waals surface area contributed by atoms with Crippen molar-refractivity contribution in [2.75, 3.05) is 46.2 Å². The van der Waals surface area contributed by atoms with Crippen LogP contribution in [0.4, 0.5) is 0 Å². The van der Waals surface area contributed by atoms with Gasteiger partial charge >= 0.3 is 0 Å². The minimum atomic E-state index is -0.542. The van der Waals surface area contributed by atoms with Gasteiger partial charge in [-0.15, -0.1) is 0 Å². The van der Waals surface area contributed by atoms with E-state index in [1.165, 1.54) is 6.08 Å². The van der Waals surface area contributed by atoms with Crippen LogP contribution in [0.25, 0.3) is 0 Å². The molecule has 2 N–H and O–H groups in total. The summed E-state index contributed by atoms with van der Waals surface area (Å²) in [5.41, 5.74) is 5.15. The zero-order chi connectivity index (χ0) is 17.0. The number of benzene rings is 1. The van der Waals surface area contributed by atoms with E-state index in [0.717, 1.165) is 0 Å². The molecule has 1 aromatic carbocycles. The standard InChI is InChI=1S/C17H23NO6/c18-17(19)6-5-14-13-22-10-9-20-7-8-21-11-12-23-15-3-1-2-4-16(15)24-14/h1-6,14H,7-13H2,(H2,18,19). The van der Waals surface area contributed by atoms with E-state index in [1.807, 2.05) is 18.2 Å². The molecule has 1 aliphatic heterocycles. The summed E-state index contributed by atoms with van der Waals surface area (Å²) in [5.74, 6) is 0.621. The lowest BCUT2D eigenvalue weighted by Crippen LogP contribution is -2.23. The van der Waals surface area contributed by atoms with E-state index in [1.54, 1.807) is 12.1 Å². The van der Waals surface area contributed by atoms with Crippen LogP contribution in [-0.4, -0.2) is 58.3 Å². The van der Waals surface area contributed by atoms with Crippen LogP contribution < -0.4 is 15.2 Å². The van der Waals surface area contributed by atoms with E-state index < -0.39 is 12.0 Å². The van der Waals surface area contributed by atoms with Crippen molar-refractivity contribution in [2.45, 2.75) is 6.10 Å². The summed E-state index contributed by atoms with van der Waals surface area (Å²) in [4.78, 5) is 11.0. The SMILES string of the molecule is NC(=O)C=CC1COCCOCCOCCOc2ccccc2O1. The number of primary amides is 1. The molecule has 2 rings (SSSR count). The summed E-state index contributed by atoms with van der Waals surface area (Å²) in [6.07, 6.45) is 2.36. The smallest absolute Gasteiger partial charge is 0.241 e. The highest BCUT2D eigenvalue weighted by Crippen LogP contribution is 2.27. The summed E-state index contributed by atoms with van der Waals surface area (Å²) in [7, 11) is 0. The maximum Gasteiger partial charge on any atom is 0.241 e. The fourth-order valence-electron chi connectivity index (χ4n) is 2.01. The predicted octanol–water partition coefficient (Wildman–Crippen LogP) is 0.918. The van der Waals surface area contributed by atoms with Gasteiger partial charge in [-0.25, -0.2) is 0 Å². The average molecular weight is 337 g/mol. The molecule has 1 heterocycles. The molecule has 0 bridgehead atoms. The molecular formula is C17H23NO6. The zero-order valence-corrected chi connectivity index (χ0v) is 13.5. The Morgan fingerprint density at radius 3 is 2.29 bits per heavy atom. The Bertz CT molecular complexity index is 534. The first-order valence-corrected chi connectivity index (χ1v) is 7.85. The summed E-state index contributed by atoms with van der Waals surface area (Å²) in [5, 5.41) is 0. The second-order valence-corrected chi connectivity index (χ2v) is 5.01. The lowest BCUT2D eigenvalue weighted by atomic mass is 10.3. The molecule has 1 aliphatic rings. The molecule has 1 atom stereocenters. The highest BCUT2D eigenvalue weighted by atomic mass is 16.6. The largest absolute Gasteiger partial charge is 0.487 e. The molecule has 1 amide bonds. The van der Waals surface area contributed by atoms with Gasteiger partial charge in [0.1, 0.15) is 12.7 Å². The Hall–Kier alpha value is -2.09. The van der Waals surface area contributed by atoms with Crippen LogP contribution in [0.2, 0.25) is 0 Å². The first kappa shape index (κ1) is 18.3. The number of nitrogens with two attached hydrogens (primary N) is 1. The summed E-state index contributed by atoms with van der Waals surface area (Å²) >= 11 is 0. The van der Waals surface area contributed by atoms with Crippen molar-refractivity contribution < 1.29 is 28.5 Å². The molecule has 0 spiro atoms. The fraction of sp³-hybridized carbons (Fsp3) is 0.471. The minimum Gasteiger partial charge on any atom is -0.487 e. The lowest BCUT2D eigenvalue weighted by molar-refractivity contribution is -0.113. The fourth-order valence-corrected chi connectivity index (χ4v) is 2.01. The van der Waals surface area contributed by atoms with Gasteiger partial charge in [0.2, 0.25) is 5.91 Å². The molecule has 7 nitrogen and oxygen atoms in total. The van der Waals surface area contributed by atoms with Crippen LogP contribution in [0.3, 0.4) is 0 Å². The third kappa shape index (κ3) is 6.99. The summed E-state index contributed by atoms with van der Waals surface area (Å²) in [6.45, 7) is 3.01. The van der Waals surface area contributed by atoms with E-state index in [0.29, 0.717) is 51.1 Å². The van der Waals surface area contributed by atoms with Gasteiger partial charge in [-0.1, -0.05) is 12.1 Å². The van der Waals surface area contributed by atoms with Crippen molar-refractivity contribution in [3.63, 3.8) is 0 Å². The van der Waals surface area contributed by atoms with Gasteiger partial charge in [0.05, 0.1) is 39.6 Å². The van der Waals surface area contributed by atoms with Crippen molar-refractivity contribution in [2.24, 2.45) is 5.73 Å². The molecule has 0 aromatic heterocycles. The first-order valence-electron chi connectivity index (χ1n) is 7.85. The molecule has 1 aromatic rings. The topological polar surface area (TPSA) is 89.2 Å². The van der Waals surface area contributed by atoms with Gasteiger partial charge in [-0.2, -0.15) is 0 Å². The van der Waals surface area contributed by atoms with Crippen LogP contribution in [0.15, 0.2) is 36.4 Å². The highest BCUT2D eigenvalue weighted by Gasteiger charge is 2.12. The zero-order valence-electron chi connectivity index (χ0n) is 13.5. The van der Waals surface area contributed by atoms with Crippen molar-refractivity contribution >= 4 is 5.91 Å². The average Bonchev–Trinajstić information content (AvgIpc) is 2.58. The molecule has 1 unspecified atom stereocenters. The van der Waals surface area contributed by atoms with Crippen LogP contribution in [0.5, 0.6) is 11.5 Å². The quantitative estimate of drug-likeness (QED) is 0.807. The summed E-state index contributed by atoms with van der Waals surface area (Å²) in [6, 6.07) is 7.31. The number of carbonyl (C=O) groups is 1. The Kier molecular flexibility index (Phi) is 8.09. The number of hydrogen-bond donors (Lipinski definition) is 1. The van der Waals surface area contributed by atoms with E-state index >= 15 is 0 Å². The van der Waals surface area contributed by atoms with E-state index in [9.17, 15) is 4.79 Å². The van der Waals surface area contributed by atoms with Crippen molar-refractivity contribution in [3.05, 3.63) is 36.4 Å². The Morgan fingerprint density at radius 1 is 0.958 bits per heavy atom. The lowest BCUT2D eigenvalue weighted by Gasteiger charge is -2.18. The van der Waals surface area contributed by atoms with E-state index in [-0.39, 0.29) is 6.61 Å². The normalized spacial score (nSPS) is 20.9. The van der Waals surface area contributed by atoms with Crippen LogP contribution in [-0.2, 0) is 19.0 Å². The van der Waals surface area contributed by atoms with Crippen LogP contribution >= 0.6 is 0 Å². The van der Waals surface area contributed by atoms with E-state index in [4.69, 9.17) is 29.4 Å². The maximum atomic E-state index is 11.0. The Morgan fingerprint density at radius 2 is 1.58 bits per heavy atom. The van der Waals surface area contributed by atoms with Crippen LogP contribution in [0, 0.1) is 0 Å². The highest BCUT2D eigenvalue weighted by molar-refractivity contribution is 5.85. The Balaban J connectivity index is 2.08. The number of rotatable bonds is 2. The van der Waals surface area contributed by atoms with Crippen molar-refractivity contribution in [3.8, 4) is 11.5 Å². The first-order chi connectivity index (χ1) is 11.8. The molecular weight excluding hydrogens is 314 g/mol. The number of amides is 1. The van der Waals surface area contributed by atoms with Crippen molar-refractivity contribution in [1.29, 1.82) is 0 Å². The van der Waals surface area contributed by atoms with Gasteiger partial charge in [0.25, 0.3) is 0 Å². The molecule has 7 heteroatoms. The molecule has 0 aliphatic carbocycles. The van der Waals surface area contributed by atoms with E-state index in [2.05, 4.69) is 0 Å². The maximum absolute atomic E-state index is 11.0. The molecule has 0 radical (unpaired) electrons. The van der Waals surface area contributed by atoms with Gasteiger partial charge in [0.15, 0.2) is 11.5 Å². The minimum absolute atomic E-state index is 0.262. The van der Waals surface area contributed by atoms with Gasteiger partial charge in [-0.05, 0) is 18.2 Å². The Labute approximate surface area is 141 Å². The second kappa shape index (κ2) is 10.6. The number of carbonyl (C=O) groups excluding carboxylic acids is 1. The molecule has 0 saturated heterocycles. The van der Waals surface area contributed by atoms with Gasteiger partial charge in [-0.3, -0.25) is 4.79 Å². The second-order valence-electron chi connectivity index (χ2n) is 5.01. The number of fused-ring (bicyclic) bond motifs is 1. The number of para-hydroxylation sites is 2. The van der Waals surface area contributed by atoms with Crippen LogP contribution in [0.1, 0.15) is 0 Å². The molecule has 0 saturated carbocycles. The number of hydrogen-bond acceptors (Lipinski definition) is 6. The molecule has 0 fully saturated rings. The monoisotopic (exact) mass is 337 g/mol. The molecule has 24 heavy (non-hydrogen) atoms. The summed E-state index contributed by atoms with van der Waals surface area (Å²) < 4.78 is 27.9.